The van der Waals surface area contributed by atoms with Gasteiger partial charge in [-0.25, -0.2) is 9.78 Å². The molecule has 7 heteroatoms. The van der Waals surface area contributed by atoms with Gasteiger partial charge in [-0.3, -0.25) is 4.79 Å². The molecule has 0 unspecified atom stereocenters. The molecule has 0 bridgehead atoms. The normalized spacial score (nSPS) is 10.5. The molecule has 0 radical (unpaired) electrons. The van der Waals surface area contributed by atoms with Crippen molar-refractivity contribution >= 4 is 29.0 Å². The predicted molar refractivity (Wildman–Crippen MR) is 124 cm³/mol. The fraction of sp³-hybridized carbons (Fsp3) is 0.0417. The Labute approximate surface area is 183 Å². The number of benzene rings is 3. The summed E-state index contributed by atoms with van der Waals surface area (Å²) in [6, 6.07) is 26.0. The van der Waals surface area contributed by atoms with Crippen molar-refractivity contribution in [1.29, 1.82) is 0 Å². The van der Waals surface area contributed by atoms with Crippen LogP contribution in [0.3, 0.4) is 0 Å². The van der Waals surface area contributed by atoms with Crippen LogP contribution in [0.2, 0.25) is 0 Å². The van der Waals surface area contributed by atoms with Gasteiger partial charge in [-0.05, 0) is 17.7 Å². The number of aromatic nitrogens is 1. The summed E-state index contributed by atoms with van der Waals surface area (Å²) < 4.78 is 0. The number of nitrogens with zero attached hydrogens (tertiary/aromatic N) is 1. The number of urea groups is 1. The van der Waals surface area contributed by atoms with Gasteiger partial charge in [-0.2, -0.15) is 0 Å². The van der Waals surface area contributed by atoms with Crippen molar-refractivity contribution in [3.63, 3.8) is 0 Å². The highest BCUT2D eigenvalue weighted by molar-refractivity contribution is 7.17. The van der Waals surface area contributed by atoms with Crippen LogP contribution >= 0.6 is 11.3 Å². The van der Waals surface area contributed by atoms with Gasteiger partial charge in [-0.15, -0.1) is 11.3 Å². The second kappa shape index (κ2) is 9.23. The first-order chi connectivity index (χ1) is 15.1. The summed E-state index contributed by atoms with van der Waals surface area (Å²) in [5.74, 6) is -0.183. The van der Waals surface area contributed by atoms with Crippen LogP contribution in [0.5, 0.6) is 0 Å². The van der Waals surface area contributed by atoms with E-state index in [2.05, 4.69) is 10.6 Å². The molecule has 31 heavy (non-hydrogen) atoms. The summed E-state index contributed by atoms with van der Waals surface area (Å²) in [6.07, 6.45) is 0. The number of hydrogen-bond donors (Lipinski definition) is 3. The molecule has 4 aromatic rings. The average Bonchev–Trinajstić information content (AvgIpc) is 3.25. The van der Waals surface area contributed by atoms with Crippen molar-refractivity contribution in [2.45, 2.75) is 6.54 Å². The number of carbonyl (C=O) groups is 2. The molecule has 0 saturated heterocycles. The maximum absolute atomic E-state index is 13.1. The van der Waals surface area contributed by atoms with Crippen molar-refractivity contribution in [1.82, 2.24) is 10.3 Å². The molecule has 0 aliphatic heterocycles. The zero-order valence-corrected chi connectivity index (χ0v) is 17.4. The van der Waals surface area contributed by atoms with Gasteiger partial charge >= 0.3 is 6.03 Å². The highest BCUT2D eigenvalue weighted by Crippen LogP contribution is 2.33. The van der Waals surface area contributed by atoms with Gasteiger partial charge in [0.05, 0.1) is 5.69 Å². The number of thiazole rings is 1. The van der Waals surface area contributed by atoms with Crippen LogP contribution in [-0.2, 0) is 6.54 Å². The molecular weight excluding hydrogens is 408 g/mol. The van der Waals surface area contributed by atoms with Crippen LogP contribution in [0, 0.1) is 0 Å². The van der Waals surface area contributed by atoms with E-state index < -0.39 is 6.03 Å². The van der Waals surface area contributed by atoms with E-state index in [0.717, 1.165) is 21.7 Å². The van der Waals surface area contributed by atoms with Crippen LogP contribution in [0.15, 0.2) is 84.9 Å². The Morgan fingerprint density at radius 1 is 0.839 bits per heavy atom. The fourth-order valence-electron chi connectivity index (χ4n) is 3.08. The molecule has 6 nitrogen and oxygen atoms in total. The van der Waals surface area contributed by atoms with Gasteiger partial charge in [0.1, 0.15) is 9.88 Å². The van der Waals surface area contributed by atoms with Gasteiger partial charge in [0.15, 0.2) is 0 Å². The van der Waals surface area contributed by atoms with E-state index in [9.17, 15) is 9.59 Å². The lowest BCUT2D eigenvalue weighted by atomic mass is 10.1. The zero-order chi connectivity index (χ0) is 21.6. The number of carbonyl (C=O) groups excluding carboxylic acids is 2. The maximum Gasteiger partial charge on any atom is 0.316 e. The minimum absolute atomic E-state index is 0.183. The van der Waals surface area contributed by atoms with Gasteiger partial charge in [0, 0.05) is 23.4 Å². The summed E-state index contributed by atoms with van der Waals surface area (Å²) >= 11 is 1.38. The van der Waals surface area contributed by atoms with Crippen LogP contribution < -0.4 is 16.4 Å². The molecule has 3 amide bonds. The number of rotatable bonds is 6. The third-order valence-electron chi connectivity index (χ3n) is 4.58. The predicted octanol–water partition coefficient (Wildman–Crippen LogP) is 4.90. The molecule has 154 valence electrons. The second-order valence-corrected chi connectivity index (χ2v) is 7.80. The minimum atomic E-state index is -0.617. The Balaban J connectivity index is 1.56. The van der Waals surface area contributed by atoms with Crippen LogP contribution in [-0.4, -0.2) is 16.9 Å². The maximum atomic E-state index is 13.1. The lowest BCUT2D eigenvalue weighted by molar-refractivity contribution is 0.0955. The monoisotopic (exact) mass is 428 g/mol. The van der Waals surface area contributed by atoms with Crippen LogP contribution in [0.4, 0.5) is 10.5 Å². The van der Waals surface area contributed by atoms with Crippen molar-refractivity contribution in [2.75, 3.05) is 5.32 Å². The first kappa shape index (κ1) is 20.3. The summed E-state index contributed by atoms with van der Waals surface area (Å²) in [5.41, 5.74) is 9.16. The molecule has 4 N–H and O–H groups in total. The summed E-state index contributed by atoms with van der Waals surface area (Å²) in [5, 5.41) is 6.28. The molecule has 0 aliphatic rings. The fourth-order valence-corrected chi connectivity index (χ4v) is 4.09. The lowest BCUT2D eigenvalue weighted by Gasteiger charge is -2.07. The van der Waals surface area contributed by atoms with E-state index in [1.165, 1.54) is 11.3 Å². The van der Waals surface area contributed by atoms with Crippen molar-refractivity contribution < 1.29 is 9.59 Å². The molecule has 0 aliphatic carbocycles. The average molecular weight is 429 g/mol. The van der Waals surface area contributed by atoms with Crippen molar-refractivity contribution in [3.8, 4) is 21.8 Å². The Bertz CT molecular complexity index is 1190. The molecule has 0 fully saturated rings. The second-order valence-electron chi connectivity index (χ2n) is 6.80. The lowest BCUT2D eigenvalue weighted by Crippen LogP contribution is -2.22. The Morgan fingerprint density at radius 3 is 2.06 bits per heavy atom. The highest BCUT2D eigenvalue weighted by atomic mass is 32.1. The van der Waals surface area contributed by atoms with Crippen molar-refractivity contribution in [3.05, 3.63) is 95.4 Å². The molecule has 1 heterocycles. The van der Waals surface area contributed by atoms with Gasteiger partial charge < -0.3 is 16.4 Å². The minimum Gasteiger partial charge on any atom is -0.351 e. The van der Waals surface area contributed by atoms with Crippen LogP contribution in [0.1, 0.15) is 15.2 Å². The molecule has 1 aromatic heterocycles. The van der Waals surface area contributed by atoms with E-state index in [4.69, 9.17) is 10.7 Å². The van der Waals surface area contributed by atoms with E-state index in [1.54, 1.807) is 12.1 Å². The first-order valence-electron chi connectivity index (χ1n) is 9.65. The smallest absolute Gasteiger partial charge is 0.316 e. The number of anilines is 1. The number of nitrogens with two attached hydrogens (primary N) is 1. The summed E-state index contributed by atoms with van der Waals surface area (Å²) in [4.78, 5) is 29.3. The SMILES string of the molecule is NC(=O)Nc1ccc(CNC(=O)c2sc(-c3ccccc3)nc2-c2ccccc2)cc1. The third-order valence-corrected chi connectivity index (χ3v) is 5.68. The molecule has 0 saturated carbocycles. The van der Waals surface area contributed by atoms with E-state index in [0.29, 0.717) is 22.8 Å². The first-order valence-corrected chi connectivity index (χ1v) is 10.5. The number of amides is 3. The molecular formula is C24H20N4O2S. The number of nitrogens with one attached hydrogen (secondary N) is 2. The molecule has 3 aromatic carbocycles. The molecule has 0 atom stereocenters. The van der Waals surface area contributed by atoms with E-state index in [1.807, 2.05) is 72.8 Å². The van der Waals surface area contributed by atoms with E-state index in [-0.39, 0.29) is 5.91 Å². The highest BCUT2D eigenvalue weighted by Gasteiger charge is 2.20. The standard InChI is InChI=1S/C24H20N4O2S/c25-24(30)27-19-13-11-16(12-14-19)15-26-22(29)21-20(17-7-3-1-4-8-17)28-23(31-21)18-9-5-2-6-10-18/h1-14H,15H2,(H,26,29)(H3,25,27,30). The summed E-state index contributed by atoms with van der Waals surface area (Å²) in [7, 11) is 0. The van der Waals surface area contributed by atoms with Crippen LogP contribution in [0.25, 0.3) is 21.8 Å². The quantitative estimate of drug-likeness (QED) is 0.407. The molecule has 4 rings (SSSR count). The summed E-state index contributed by atoms with van der Waals surface area (Å²) in [6.45, 7) is 0.350. The molecule has 0 spiro atoms. The van der Waals surface area contributed by atoms with E-state index >= 15 is 0 Å². The topological polar surface area (TPSA) is 97.1 Å². The Hall–Kier alpha value is -3.97. The van der Waals surface area contributed by atoms with Gasteiger partial charge in [0.25, 0.3) is 5.91 Å². The third kappa shape index (κ3) is 4.96. The zero-order valence-electron chi connectivity index (χ0n) is 16.5. The Morgan fingerprint density at radius 2 is 1.45 bits per heavy atom. The van der Waals surface area contributed by atoms with Gasteiger partial charge in [-0.1, -0.05) is 72.8 Å². The number of hydrogen-bond acceptors (Lipinski definition) is 4. The largest absolute Gasteiger partial charge is 0.351 e. The van der Waals surface area contributed by atoms with Crippen molar-refractivity contribution in [2.24, 2.45) is 5.73 Å². The number of primary amides is 1. The van der Waals surface area contributed by atoms with Gasteiger partial charge in [0.2, 0.25) is 0 Å². The Kier molecular flexibility index (Phi) is 6.05.